The normalized spacial score (nSPS) is 14.3. The standard InChI is InChI=1S/C64H42/c1-63(2)57-29-15-25-44(62(57)53-36-41-16-3-4-17-42(41)37-58(53)63)39-30-32-40(33-31-39)60-49-21-5-7-23-51(49)61(52-24-8-6-22-50(52)60)43-34-35-48-47-20-11-14-28-56(47)64(59(48)38-43)54-26-12-9-18-45(54)46-19-10-13-27-55(46)64/h3-38H,1-2H3. The molecule has 0 aliphatic heterocycles. The van der Waals surface area contributed by atoms with E-state index >= 15 is 0 Å². The lowest BCUT2D eigenvalue weighted by molar-refractivity contribution is 0.661. The average molecular weight is 811 g/mol. The number of benzene rings is 11. The summed E-state index contributed by atoms with van der Waals surface area (Å²) < 4.78 is 0. The summed E-state index contributed by atoms with van der Waals surface area (Å²) in [6.45, 7) is 4.76. The van der Waals surface area contributed by atoms with Crippen molar-refractivity contribution in [2.24, 2.45) is 0 Å². The van der Waals surface area contributed by atoms with Crippen LogP contribution in [0, 0.1) is 0 Å². The highest BCUT2D eigenvalue weighted by molar-refractivity contribution is 6.21. The maximum absolute atomic E-state index is 2.54. The second-order valence-electron chi connectivity index (χ2n) is 18.7. The summed E-state index contributed by atoms with van der Waals surface area (Å²) in [4.78, 5) is 0. The van der Waals surface area contributed by atoms with Gasteiger partial charge in [-0.15, -0.1) is 0 Å². The monoisotopic (exact) mass is 810 g/mol. The van der Waals surface area contributed by atoms with Crippen molar-refractivity contribution >= 4 is 32.3 Å². The Labute approximate surface area is 373 Å². The van der Waals surface area contributed by atoms with Gasteiger partial charge in [0.1, 0.15) is 0 Å². The first-order chi connectivity index (χ1) is 31.5. The van der Waals surface area contributed by atoms with Crippen molar-refractivity contribution in [2.75, 3.05) is 0 Å². The highest BCUT2D eigenvalue weighted by atomic mass is 14.5. The molecule has 0 aromatic heterocycles. The molecule has 1 spiro atoms. The van der Waals surface area contributed by atoms with Crippen molar-refractivity contribution in [3.05, 3.63) is 252 Å². The van der Waals surface area contributed by atoms with Gasteiger partial charge in [0, 0.05) is 5.41 Å². The van der Waals surface area contributed by atoms with E-state index in [2.05, 4.69) is 232 Å². The third-order valence-electron chi connectivity index (χ3n) is 15.3. The van der Waals surface area contributed by atoms with Gasteiger partial charge in [0.15, 0.2) is 0 Å². The molecule has 0 heterocycles. The summed E-state index contributed by atoms with van der Waals surface area (Å²) >= 11 is 0. The highest BCUT2D eigenvalue weighted by Crippen LogP contribution is 2.63. The second kappa shape index (κ2) is 12.9. The largest absolute Gasteiger partial charge is 0.0725 e. The SMILES string of the molecule is CC1(C)c2cc3ccccc3cc2-c2c(-c3ccc(-c4c5ccccc5c(-c5ccc6c(c5)C5(c7ccccc7-c7ccccc75)c5ccccc5-6)c5ccccc45)cc3)cccc21. The molecule has 64 heavy (non-hydrogen) atoms. The molecule has 3 aliphatic rings. The molecule has 11 aromatic rings. The molecule has 298 valence electrons. The first-order valence-electron chi connectivity index (χ1n) is 22.7. The van der Waals surface area contributed by atoms with Crippen LogP contribution in [0.2, 0.25) is 0 Å². The van der Waals surface area contributed by atoms with Gasteiger partial charge < -0.3 is 0 Å². The average Bonchev–Trinajstić information content (AvgIpc) is 3.90. The van der Waals surface area contributed by atoms with Gasteiger partial charge in [-0.2, -0.15) is 0 Å². The van der Waals surface area contributed by atoms with Gasteiger partial charge in [-0.05, 0) is 151 Å². The maximum atomic E-state index is 2.54. The predicted molar refractivity (Wildman–Crippen MR) is 269 cm³/mol. The first kappa shape index (κ1) is 35.8. The fourth-order valence-electron chi connectivity index (χ4n) is 12.5. The van der Waals surface area contributed by atoms with Crippen molar-refractivity contribution < 1.29 is 0 Å². The van der Waals surface area contributed by atoms with E-state index in [9.17, 15) is 0 Å². The Morgan fingerprint density at radius 1 is 0.250 bits per heavy atom. The van der Waals surface area contributed by atoms with E-state index in [0.29, 0.717) is 0 Å². The predicted octanol–water partition coefficient (Wildman–Crippen LogP) is 16.8. The Balaban J connectivity index is 0.952. The number of hydrogen-bond acceptors (Lipinski definition) is 0. The van der Waals surface area contributed by atoms with Gasteiger partial charge in [0.2, 0.25) is 0 Å². The molecule has 0 nitrogen and oxygen atoms in total. The van der Waals surface area contributed by atoms with Crippen LogP contribution in [0.1, 0.15) is 47.2 Å². The van der Waals surface area contributed by atoms with E-state index < -0.39 is 5.41 Å². The van der Waals surface area contributed by atoms with Crippen molar-refractivity contribution in [1.82, 2.24) is 0 Å². The quantitative estimate of drug-likeness (QED) is 0.156. The van der Waals surface area contributed by atoms with Crippen LogP contribution in [-0.4, -0.2) is 0 Å². The third kappa shape index (κ3) is 4.57. The van der Waals surface area contributed by atoms with Crippen LogP contribution >= 0.6 is 0 Å². The zero-order valence-electron chi connectivity index (χ0n) is 35.8. The van der Waals surface area contributed by atoms with Crippen molar-refractivity contribution in [3.8, 4) is 66.8 Å². The lowest BCUT2D eigenvalue weighted by Crippen LogP contribution is -2.25. The topological polar surface area (TPSA) is 0 Å². The van der Waals surface area contributed by atoms with Crippen LogP contribution < -0.4 is 0 Å². The molecule has 0 fully saturated rings. The van der Waals surface area contributed by atoms with Crippen LogP contribution in [0.15, 0.2) is 218 Å². The van der Waals surface area contributed by atoms with Crippen LogP contribution in [0.5, 0.6) is 0 Å². The van der Waals surface area contributed by atoms with Gasteiger partial charge in [-0.1, -0.05) is 214 Å². The fraction of sp³-hybridized carbons (Fsp3) is 0.0625. The van der Waals surface area contributed by atoms with E-state index in [0.717, 1.165) is 0 Å². The van der Waals surface area contributed by atoms with Crippen LogP contribution in [0.25, 0.3) is 99.1 Å². The van der Waals surface area contributed by atoms with E-state index in [4.69, 9.17) is 0 Å². The van der Waals surface area contributed by atoms with Gasteiger partial charge in [-0.3, -0.25) is 0 Å². The molecule has 0 radical (unpaired) electrons. The minimum absolute atomic E-state index is 0.0836. The minimum atomic E-state index is -0.396. The molecule has 0 unspecified atom stereocenters. The van der Waals surface area contributed by atoms with E-state index in [-0.39, 0.29) is 5.41 Å². The zero-order valence-corrected chi connectivity index (χ0v) is 35.8. The fourth-order valence-corrected chi connectivity index (χ4v) is 12.5. The molecule has 0 amide bonds. The molecule has 0 saturated carbocycles. The van der Waals surface area contributed by atoms with E-state index in [1.165, 1.54) is 132 Å². The minimum Gasteiger partial charge on any atom is -0.0619 e. The Morgan fingerprint density at radius 2 is 0.672 bits per heavy atom. The third-order valence-corrected chi connectivity index (χ3v) is 15.3. The Bertz CT molecular complexity index is 3680. The van der Waals surface area contributed by atoms with Gasteiger partial charge in [0.05, 0.1) is 5.41 Å². The molecule has 14 rings (SSSR count). The molecule has 0 N–H and O–H groups in total. The summed E-state index contributed by atoms with van der Waals surface area (Å²) in [5.74, 6) is 0. The van der Waals surface area contributed by atoms with Crippen molar-refractivity contribution in [1.29, 1.82) is 0 Å². The zero-order chi connectivity index (χ0) is 42.3. The molecule has 0 atom stereocenters. The number of fused-ring (bicyclic) bond motifs is 16. The molecular formula is C64H42. The Morgan fingerprint density at radius 3 is 1.25 bits per heavy atom. The molecule has 0 saturated heterocycles. The van der Waals surface area contributed by atoms with E-state index in [1.807, 2.05) is 0 Å². The van der Waals surface area contributed by atoms with Crippen LogP contribution in [-0.2, 0) is 10.8 Å². The lowest BCUT2D eigenvalue weighted by atomic mass is 9.70. The van der Waals surface area contributed by atoms with Crippen molar-refractivity contribution in [3.63, 3.8) is 0 Å². The van der Waals surface area contributed by atoms with Crippen molar-refractivity contribution in [2.45, 2.75) is 24.7 Å². The second-order valence-corrected chi connectivity index (χ2v) is 18.7. The molecule has 0 bridgehead atoms. The summed E-state index contributed by atoms with van der Waals surface area (Å²) in [5, 5.41) is 7.66. The molecular weight excluding hydrogens is 769 g/mol. The highest BCUT2D eigenvalue weighted by Gasteiger charge is 2.51. The maximum Gasteiger partial charge on any atom is 0.0725 e. The lowest BCUT2D eigenvalue weighted by Gasteiger charge is -2.30. The smallest absolute Gasteiger partial charge is 0.0619 e. The van der Waals surface area contributed by atoms with Crippen LogP contribution in [0.3, 0.4) is 0 Å². The summed E-state index contributed by atoms with van der Waals surface area (Å²) in [7, 11) is 0. The first-order valence-corrected chi connectivity index (χ1v) is 22.7. The van der Waals surface area contributed by atoms with Crippen LogP contribution in [0.4, 0.5) is 0 Å². The summed E-state index contributed by atoms with van der Waals surface area (Å²) in [6.07, 6.45) is 0. The molecule has 11 aromatic carbocycles. The van der Waals surface area contributed by atoms with Gasteiger partial charge >= 0.3 is 0 Å². The Kier molecular flexibility index (Phi) is 7.20. The summed E-state index contributed by atoms with van der Waals surface area (Å²) in [5.41, 5.74) is 23.4. The van der Waals surface area contributed by atoms with Gasteiger partial charge in [-0.25, -0.2) is 0 Å². The van der Waals surface area contributed by atoms with Gasteiger partial charge in [0.25, 0.3) is 0 Å². The molecule has 0 heteroatoms. The summed E-state index contributed by atoms with van der Waals surface area (Å²) in [6, 6.07) is 82.7. The Hall–Kier alpha value is -7.80. The number of rotatable bonds is 3. The van der Waals surface area contributed by atoms with E-state index in [1.54, 1.807) is 0 Å². The molecule has 3 aliphatic carbocycles. The number of hydrogen-bond donors (Lipinski definition) is 0.